The number of nitrogens with one attached hydrogen (secondary N) is 1. The van der Waals surface area contributed by atoms with Crippen molar-refractivity contribution < 1.29 is 23.9 Å². The summed E-state index contributed by atoms with van der Waals surface area (Å²) in [7, 11) is -4.39. The third kappa shape index (κ3) is 12.4. The molecule has 0 aromatic heterocycles. The van der Waals surface area contributed by atoms with Crippen LogP contribution in [0.2, 0.25) is 0 Å². The van der Waals surface area contributed by atoms with Gasteiger partial charge in [-0.3, -0.25) is 14.4 Å². The van der Waals surface area contributed by atoms with Crippen LogP contribution in [0.15, 0.2) is 42.5 Å². The Balaban J connectivity index is 1.74. The van der Waals surface area contributed by atoms with Crippen molar-refractivity contribution in [3.05, 3.63) is 48.0 Å². The Hall–Kier alpha value is -1.72. The van der Waals surface area contributed by atoms with Crippen molar-refractivity contribution in [1.29, 1.82) is 0 Å². The van der Waals surface area contributed by atoms with E-state index < -0.39 is 24.9 Å². The minimum Gasteiger partial charge on any atom is -0.479 e. The van der Waals surface area contributed by atoms with Crippen LogP contribution in [-0.4, -0.2) is 28.1 Å². The Morgan fingerprint density at radius 1 is 0.800 bits per heavy atom. The molecule has 0 bridgehead atoms. The van der Waals surface area contributed by atoms with Gasteiger partial charge in [-0.15, -0.1) is 0 Å². The summed E-state index contributed by atoms with van der Waals surface area (Å²) in [5.41, 5.74) is -1.15. The highest BCUT2D eigenvalue weighted by Gasteiger charge is 2.43. The van der Waals surface area contributed by atoms with Crippen LogP contribution in [0, 0.1) is 0 Å². The zero-order valence-corrected chi connectivity index (χ0v) is 26.1. The summed E-state index contributed by atoms with van der Waals surface area (Å²) in [5, 5.41) is 14.5. The highest BCUT2D eigenvalue weighted by Crippen LogP contribution is 2.58. The van der Waals surface area contributed by atoms with Crippen LogP contribution in [0.1, 0.15) is 135 Å². The number of hydrogen-bond acceptors (Lipinski definition) is 4. The molecule has 7 heteroatoms. The molecular weight excluding hydrogens is 521 g/mol. The lowest BCUT2D eigenvalue weighted by Crippen LogP contribution is -2.35. The van der Waals surface area contributed by atoms with Crippen molar-refractivity contribution in [3.63, 3.8) is 0 Å². The highest BCUT2D eigenvalue weighted by atomic mass is 31.2. The average Bonchev–Trinajstić information content (AvgIpc) is 2.91. The van der Waals surface area contributed by atoms with Gasteiger partial charge in [0.1, 0.15) is 5.78 Å². The molecule has 0 aliphatic heterocycles. The normalized spacial score (nSPS) is 14.3. The number of fused-ring (bicyclic) bond motifs is 1. The fraction of sp³-hybridized carbons (Fsp3) is 0.667. The zero-order valence-electron chi connectivity index (χ0n) is 25.2. The smallest absolute Gasteiger partial charge is 0.350 e. The third-order valence-corrected chi connectivity index (χ3v) is 9.52. The molecule has 2 rings (SSSR count). The lowest BCUT2D eigenvalue weighted by molar-refractivity contribution is -0.152. The van der Waals surface area contributed by atoms with Gasteiger partial charge in [0.2, 0.25) is 0 Å². The Morgan fingerprint density at radius 3 is 1.80 bits per heavy atom. The van der Waals surface area contributed by atoms with Gasteiger partial charge in [-0.2, -0.15) is 0 Å². The molecule has 6 nitrogen and oxygen atoms in total. The summed E-state index contributed by atoms with van der Waals surface area (Å²) in [4.78, 5) is 22.6. The molecule has 0 saturated carbocycles. The molecule has 2 aromatic carbocycles. The first-order valence-electron chi connectivity index (χ1n) is 15.7. The molecule has 226 valence electrons. The SMILES string of the molecule is CCCCCCCCCCCCCCCCCCNC(c1cccc2ccccc12)P(=O)(O)OC(C)(C)C(=O)O. The molecule has 2 aromatic rings. The molecule has 0 fully saturated rings. The van der Waals surface area contributed by atoms with E-state index in [9.17, 15) is 19.4 Å². The van der Waals surface area contributed by atoms with E-state index in [1.165, 1.54) is 97.3 Å². The highest BCUT2D eigenvalue weighted by molar-refractivity contribution is 7.53. The molecule has 0 spiro atoms. The van der Waals surface area contributed by atoms with Crippen molar-refractivity contribution in [2.45, 2.75) is 135 Å². The maximum absolute atomic E-state index is 13.5. The second kappa shape index (κ2) is 18.7. The van der Waals surface area contributed by atoms with Gasteiger partial charge in [-0.05, 0) is 43.1 Å². The second-order valence-corrected chi connectivity index (χ2v) is 13.5. The van der Waals surface area contributed by atoms with E-state index in [0.717, 1.165) is 30.0 Å². The molecule has 0 amide bonds. The molecule has 40 heavy (non-hydrogen) atoms. The maximum Gasteiger partial charge on any atom is 0.350 e. The third-order valence-electron chi connectivity index (χ3n) is 7.69. The van der Waals surface area contributed by atoms with Crippen LogP contribution in [0.4, 0.5) is 0 Å². The van der Waals surface area contributed by atoms with Crippen molar-refractivity contribution in [2.75, 3.05) is 6.54 Å². The van der Waals surface area contributed by atoms with Crippen molar-refractivity contribution in [3.8, 4) is 0 Å². The lowest BCUT2D eigenvalue weighted by atomic mass is 10.0. The monoisotopic (exact) mass is 575 g/mol. The number of carboxylic acids is 1. The van der Waals surface area contributed by atoms with Gasteiger partial charge in [0.15, 0.2) is 5.60 Å². The number of benzene rings is 2. The van der Waals surface area contributed by atoms with Gasteiger partial charge in [0, 0.05) is 0 Å². The number of carboxylic acid groups (broad SMARTS) is 1. The molecule has 0 heterocycles. The van der Waals surface area contributed by atoms with Crippen LogP contribution in [0.3, 0.4) is 0 Å². The average molecular weight is 576 g/mol. The van der Waals surface area contributed by atoms with Crippen molar-refractivity contribution in [1.82, 2.24) is 5.32 Å². The van der Waals surface area contributed by atoms with E-state index in [-0.39, 0.29) is 0 Å². The Labute approximate surface area is 242 Å². The van der Waals surface area contributed by atoms with E-state index in [2.05, 4.69) is 12.2 Å². The Morgan fingerprint density at radius 2 is 1.27 bits per heavy atom. The first-order valence-corrected chi connectivity index (χ1v) is 17.3. The lowest BCUT2D eigenvalue weighted by Gasteiger charge is -2.30. The Bertz CT molecular complexity index is 1040. The fourth-order valence-electron chi connectivity index (χ4n) is 5.22. The van der Waals surface area contributed by atoms with Gasteiger partial charge in [-0.1, -0.05) is 146 Å². The van der Waals surface area contributed by atoms with Gasteiger partial charge in [0.05, 0.1) is 0 Å². The summed E-state index contributed by atoms with van der Waals surface area (Å²) in [6, 6.07) is 13.3. The Kier molecular flexibility index (Phi) is 16.1. The first-order chi connectivity index (χ1) is 19.2. The van der Waals surface area contributed by atoms with Crippen LogP contribution in [-0.2, 0) is 13.9 Å². The standard InChI is InChI=1S/C33H54NO5P/c1-4-5-6-7-8-9-10-11-12-13-14-15-16-17-18-21-27-34-31(40(37,38)39-33(2,3)32(35)36)30-26-22-24-28-23-19-20-25-29(28)30/h19-20,22-26,31,34H,4-18,21,27H2,1-3H3,(H,35,36)(H,37,38). The molecule has 0 aliphatic carbocycles. The van der Waals surface area contributed by atoms with Crippen molar-refractivity contribution >= 4 is 24.3 Å². The van der Waals surface area contributed by atoms with Gasteiger partial charge < -0.3 is 10.00 Å². The maximum atomic E-state index is 13.5. The largest absolute Gasteiger partial charge is 0.479 e. The first kappa shape index (κ1) is 34.5. The fourth-order valence-corrected chi connectivity index (χ4v) is 6.99. The predicted molar refractivity (Wildman–Crippen MR) is 167 cm³/mol. The van der Waals surface area contributed by atoms with E-state index in [0.29, 0.717) is 12.1 Å². The molecule has 0 saturated heterocycles. The molecular formula is C33H54NO5P. The molecule has 0 aliphatic rings. The van der Waals surface area contributed by atoms with E-state index >= 15 is 0 Å². The molecule has 3 N–H and O–H groups in total. The molecule has 0 radical (unpaired) electrons. The van der Waals surface area contributed by atoms with Crippen LogP contribution >= 0.6 is 7.60 Å². The number of rotatable bonds is 23. The van der Waals surface area contributed by atoms with Crippen LogP contribution < -0.4 is 5.32 Å². The minimum atomic E-state index is -4.39. The van der Waals surface area contributed by atoms with E-state index in [1.54, 1.807) is 0 Å². The summed E-state index contributed by atoms with van der Waals surface area (Å²) >= 11 is 0. The van der Waals surface area contributed by atoms with E-state index in [4.69, 9.17) is 4.52 Å². The van der Waals surface area contributed by atoms with Gasteiger partial charge in [0.25, 0.3) is 0 Å². The molecule has 2 atom stereocenters. The number of hydrogen-bond donors (Lipinski definition) is 3. The van der Waals surface area contributed by atoms with E-state index in [1.807, 2.05) is 42.5 Å². The minimum absolute atomic E-state index is 0.549. The van der Waals surface area contributed by atoms with Crippen LogP contribution in [0.5, 0.6) is 0 Å². The molecule has 2 unspecified atom stereocenters. The van der Waals surface area contributed by atoms with Gasteiger partial charge >= 0.3 is 13.6 Å². The topological polar surface area (TPSA) is 95.9 Å². The number of carbonyl (C=O) groups is 1. The quantitative estimate of drug-likeness (QED) is 0.0901. The number of unbranched alkanes of at least 4 members (excludes halogenated alkanes) is 15. The summed E-state index contributed by atoms with van der Waals surface area (Å²) < 4.78 is 18.9. The van der Waals surface area contributed by atoms with Crippen LogP contribution in [0.25, 0.3) is 10.8 Å². The second-order valence-electron chi connectivity index (χ2n) is 11.7. The number of aliphatic carboxylic acids is 1. The van der Waals surface area contributed by atoms with Gasteiger partial charge in [-0.25, -0.2) is 4.79 Å². The zero-order chi connectivity index (χ0) is 29.3. The van der Waals surface area contributed by atoms with Crippen molar-refractivity contribution in [2.24, 2.45) is 0 Å². The summed E-state index contributed by atoms with van der Waals surface area (Å²) in [5.74, 6) is -2.30. The summed E-state index contributed by atoms with van der Waals surface area (Å²) in [6.45, 7) is 5.41. The summed E-state index contributed by atoms with van der Waals surface area (Å²) in [6.07, 6.45) is 20.6. The predicted octanol–water partition coefficient (Wildman–Crippen LogP) is 9.75.